The lowest BCUT2D eigenvalue weighted by Crippen LogP contribution is -2.73. The van der Waals surface area contributed by atoms with Gasteiger partial charge in [-0.3, -0.25) is 39.7 Å². The molecule has 2 heterocycles. The van der Waals surface area contributed by atoms with Crippen LogP contribution in [0.2, 0.25) is 0 Å². The highest BCUT2D eigenvalue weighted by atomic mass is 79.9. The maximum absolute atomic E-state index is 13.4. The molecule has 2 aromatic rings. The number of rotatable bonds is 10. The number of hydrogen-bond donors (Lipinski definition) is 3. The molecule has 5 amide bonds. The monoisotopic (exact) mass is 615 g/mol. The summed E-state index contributed by atoms with van der Waals surface area (Å²) in [4.78, 5) is 64.0. The van der Waals surface area contributed by atoms with Crippen LogP contribution in [-0.2, 0) is 24.7 Å². The average molecular weight is 616 g/mol. The van der Waals surface area contributed by atoms with Gasteiger partial charge in [0.1, 0.15) is 11.5 Å². The number of imide groups is 2. The van der Waals surface area contributed by atoms with Crippen LogP contribution in [0.5, 0.6) is 11.5 Å². The molecule has 0 bridgehead atoms. The molecule has 2 aliphatic heterocycles. The van der Waals surface area contributed by atoms with Gasteiger partial charge >= 0.3 is 12.0 Å². The summed E-state index contributed by atoms with van der Waals surface area (Å²) in [5.74, 6) is -1.55. The zero-order valence-corrected chi connectivity index (χ0v) is 23.5. The molecular weight excluding hydrogens is 586 g/mol. The number of ether oxygens (including phenoxy) is 1. The Balaban J connectivity index is 1.53. The third-order valence-electron chi connectivity index (χ3n) is 6.87. The Morgan fingerprint density at radius 1 is 0.925 bits per heavy atom. The number of carbonyl (C=O) groups excluding carboxylic acids is 4. The molecule has 0 radical (unpaired) electrons. The van der Waals surface area contributed by atoms with Gasteiger partial charge in [0.2, 0.25) is 11.4 Å². The number of hydrazine groups is 1. The highest BCUT2D eigenvalue weighted by molar-refractivity contribution is 9.10. The number of amides is 5. The van der Waals surface area contributed by atoms with Gasteiger partial charge in [-0.05, 0) is 55.3 Å². The molecule has 3 N–H and O–H groups in total. The number of nitrogens with zero attached hydrogens (tertiary/aromatic N) is 3. The Bertz CT molecular complexity index is 1260. The summed E-state index contributed by atoms with van der Waals surface area (Å²) in [6.07, 6.45) is 0.255. The van der Waals surface area contributed by atoms with Gasteiger partial charge in [0, 0.05) is 50.0 Å². The molecule has 0 saturated carbocycles. The van der Waals surface area contributed by atoms with E-state index in [4.69, 9.17) is 9.84 Å². The first-order valence-corrected chi connectivity index (χ1v) is 13.7. The van der Waals surface area contributed by atoms with Crippen molar-refractivity contribution in [3.8, 4) is 11.5 Å². The third-order valence-corrected chi connectivity index (χ3v) is 7.40. The van der Waals surface area contributed by atoms with Gasteiger partial charge in [-0.1, -0.05) is 28.1 Å². The first kappa shape index (κ1) is 29.2. The molecule has 2 saturated heterocycles. The summed E-state index contributed by atoms with van der Waals surface area (Å²) in [6.45, 7) is 3.37. The van der Waals surface area contributed by atoms with E-state index in [0.29, 0.717) is 36.7 Å². The summed E-state index contributed by atoms with van der Waals surface area (Å²) in [5, 5.41) is 16.7. The molecule has 212 valence electrons. The van der Waals surface area contributed by atoms with Crippen molar-refractivity contribution in [3.63, 3.8) is 0 Å². The van der Waals surface area contributed by atoms with E-state index in [0.717, 1.165) is 4.47 Å². The van der Waals surface area contributed by atoms with E-state index >= 15 is 0 Å². The van der Waals surface area contributed by atoms with Crippen molar-refractivity contribution in [1.29, 1.82) is 0 Å². The second-order valence-corrected chi connectivity index (χ2v) is 10.2. The van der Waals surface area contributed by atoms with E-state index in [1.165, 1.54) is 0 Å². The number of nitrogens with one attached hydrogen (secondary N) is 2. The third kappa shape index (κ3) is 6.16. The zero-order chi connectivity index (χ0) is 28.9. The smallest absolute Gasteiger partial charge is 0.328 e. The second-order valence-electron chi connectivity index (χ2n) is 9.33. The maximum Gasteiger partial charge on any atom is 0.328 e. The summed E-state index contributed by atoms with van der Waals surface area (Å²) >= 11 is 3.38. The fraction of sp³-hybridized carbons (Fsp3) is 0.370. The number of urea groups is 1. The van der Waals surface area contributed by atoms with Crippen molar-refractivity contribution in [2.75, 3.05) is 32.7 Å². The van der Waals surface area contributed by atoms with Gasteiger partial charge in [-0.15, -0.1) is 0 Å². The van der Waals surface area contributed by atoms with Crippen LogP contribution in [0.25, 0.3) is 0 Å². The van der Waals surface area contributed by atoms with Crippen molar-refractivity contribution in [2.24, 2.45) is 0 Å². The molecule has 2 fully saturated rings. The van der Waals surface area contributed by atoms with E-state index in [-0.39, 0.29) is 38.3 Å². The van der Waals surface area contributed by atoms with E-state index < -0.39 is 29.4 Å². The highest BCUT2D eigenvalue weighted by Gasteiger charge is 2.56. The number of benzene rings is 2. The molecule has 0 spiro atoms. The fourth-order valence-corrected chi connectivity index (χ4v) is 5.25. The molecule has 12 nitrogen and oxygen atoms in total. The molecule has 2 aliphatic rings. The molecular formula is C27H30BrN5O7. The van der Waals surface area contributed by atoms with E-state index in [1.807, 2.05) is 24.1 Å². The quantitative estimate of drug-likeness (QED) is 0.343. The number of carboxylic acids is 1. The minimum absolute atomic E-state index is 0.0878. The molecule has 4 rings (SSSR count). The van der Waals surface area contributed by atoms with Crippen LogP contribution in [-0.4, -0.2) is 82.5 Å². The number of carboxylic acid groups (broad SMARTS) is 1. The first-order chi connectivity index (χ1) is 19.1. The highest BCUT2D eigenvalue weighted by Crippen LogP contribution is 2.34. The number of piperazine rings is 1. The normalized spacial score (nSPS) is 17.6. The Morgan fingerprint density at radius 2 is 1.48 bits per heavy atom. The SMILES string of the molecule is CCN(C(=O)CCCC(=O)O)N1CCN(C2(c3ccc(Oc4ccc(Br)cc4)cc3)C(=O)NC(=O)NC2=O)CC1. The lowest BCUT2D eigenvalue weighted by Gasteiger charge is -2.48. The molecule has 0 unspecified atom stereocenters. The molecule has 13 heteroatoms. The summed E-state index contributed by atoms with van der Waals surface area (Å²) in [5.41, 5.74) is -1.44. The van der Waals surface area contributed by atoms with E-state index in [9.17, 15) is 24.0 Å². The van der Waals surface area contributed by atoms with Crippen LogP contribution in [0.3, 0.4) is 0 Å². The average Bonchev–Trinajstić information content (AvgIpc) is 2.91. The first-order valence-electron chi connectivity index (χ1n) is 12.9. The van der Waals surface area contributed by atoms with Crippen LogP contribution in [0.1, 0.15) is 31.7 Å². The van der Waals surface area contributed by atoms with E-state index in [1.54, 1.807) is 46.3 Å². The number of carbonyl (C=O) groups is 5. The Kier molecular flexibility index (Phi) is 9.17. The minimum atomic E-state index is -1.81. The van der Waals surface area contributed by atoms with Crippen molar-refractivity contribution < 1.29 is 33.8 Å². The predicted molar refractivity (Wildman–Crippen MR) is 146 cm³/mol. The largest absolute Gasteiger partial charge is 0.481 e. The molecule has 0 aliphatic carbocycles. The van der Waals surface area contributed by atoms with Crippen molar-refractivity contribution in [1.82, 2.24) is 25.6 Å². The van der Waals surface area contributed by atoms with Crippen LogP contribution < -0.4 is 15.4 Å². The minimum Gasteiger partial charge on any atom is -0.481 e. The van der Waals surface area contributed by atoms with Gasteiger partial charge in [0.25, 0.3) is 11.8 Å². The van der Waals surface area contributed by atoms with Gasteiger partial charge in [0.05, 0.1) is 0 Å². The van der Waals surface area contributed by atoms with Crippen molar-refractivity contribution >= 4 is 45.7 Å². The summed E-state index contributed by atoms with van der Waals surface area (Å²) in [7, 11) is 0. The topological polar surface area (TPSA) is 149 Å². The van der Waals surface area contributed by atoms with Crippen molar-refractivity contribution in [2.45, 2.75) is 31.7 Å². The van der Waals surface area contributed by atoms with Gasteiger partial charge in [0.15, 0.2) is 0 Å². The lowest BCUT2D eigenvalue weighted by atomic mass is 9.84. The number of aliphatic carboxylic acids is 1. The summed E-state index contributed by atoms with van der Waals surface area (Å²) < 4.78 is 6.78. The Hall–Kier alpha value is -3.81. The molecule has 0 atom stereocenters. The standard InChI is InChI=1S/C27H30BrN5O7/c1-2-33(22(34)4-3-5-23(35)36)32-16-14-31(15-17-32)27(24(37)29-26(39)30-25(27)38)18-6-10-20(11-7-18)40-21-12-8-19(28)9-13-21/h6-13H,2-5,14-17H2,1H3,(H,35,36)(H2,29,30,37,38,39). The van der Waals surface area contributed by atoms with Gasteiger partial charge < -0.3 is 9.84 Å². The maximum atomic E-state index is 13.4. The fourth-order valence-electron chi connectivity index (χ4n) is 4.98. The molecule has 0 aromatic heterocycles. The van der Waals surface area contributed by atoms with Crippen molar-refractivity contribution in [3.05, 3.63) is 58.6 Å². The molecule has 40 heavy (non-hydrogen) atoms. The Labute approximate surface area is 239 Å². The van der Waals surface area contributed by atoms with Crippen LogP contribution in [0, 0.1) is 0 Å². The zero-order valence-electron chi connectivity index (χ0n) is 21.9. The molecule has 2 aromatic carbocycles. The second kappa shape index (κ2) is 12.6. The van der Waals surface area contributed by atoms with Crippen LogP contribution in [0.4, 0.5) is 4.79 Å². The predicted octanol–water partition coefficient (Wildman–Crippen LogP) is 2.44. The number of hydrogen-bond acceptors (Lipinski definition) is 8. The number of barbiturate groups is 1. The van der Waals surface area contributed by atoms with Crippen LogP contribution >= 0.6 is 15.9 Å². The van der Waals surface area contributed by atoms with Crippen LogP contribution in [0.15, 0.2) is 53.0 Å². The lowest BCUT2D eigenvalue weighted by molar-refractivity contribution is -0.162. The number of halogens is 1. The summed E-state index contributed by atoms with van der Waals surface area (Å²) in [6, 6.07) is 12.9. The Morgan fingerprint density at radius 3 is 2.00 bits per heavy atom. The van der Waals surface area contributed by atoms with Gasteiger partial charge in [-0.2, -0.15) is 0 Å². The van der Waals surface area contributed by atoms with E-state index in [2.05, 4.69) is 26.6 Å². The van der Waals surface area contributed by atoms with Gasteiger partial charge in [-0.25, -0.2) is 9.80 Å².